The summed E-state index contributed by atoms with van der Waals surface area (Å²) in [5.74, 6) is -0.0497. The normalized spacial score (nSPS) is 24.2. The molecule has 1 heterocycles. The molecule has 0 bridgehead atoms. The Morgan fingerprint density at radius 3 is 2.74 bits per heavy atom. The quantitative estimate of drug-likeness (QED) is 0.890. The summed E-state index contributed by atoms with van der Waals surface area (Å²) in [5, 5.41) is 2.98. The molecule has 1 aliphatic heterocycles. The van der Waals surface area contributed by atoms with E-state index in [0.29, 0.717) is 6.54 Å². The number of ether oxygens (including phenoxy) is 1. The third-order valence-corrected chi connectivity index (χ3v) is 3.92. The van der Waals surface area contributed by atoms with Crippen molar-refractivity contribution in [1.82, 2.24) is 5.32 Å². The third-order valence-electron chi connectivity index (χ3n) is 3.39. The van der Waals surface area contributed by atoms with Crippen LogP contribution in [0.4, 0.5) is 0 Å². The van der Waals surface area contributed by atoms with Crippen molar-refractivity contribution in [2.24, 2.45) is 5.73 Å². The number of benzene rings is 1. The van der Waals surface area contributed by atoms with E-state index < -0.39 is 0 Å². The first-order chi connectivity index (χ1) is 9.10. The number of hydrogen-bond acceptors (Lipinski definition) is 3. The van der Waals surface area contributed by atoms with Crippen molar-refractivity contribution >= 4 is 21.8 Å². The first-order valence-corrected chi connectivity index (χ1v) is 7.31. The molecule has 2 rings (SSSR count). The maximum absolute atomic E-state index is 12.1. The van der Waals surface area contributed by atoms with Crippen LogP contribution in [0.2, 0.25) is 0 Å². The Morgan fingerprint density at radius 2 is 2.16 bits per heavy atom. The second-order valence-electron chi connectivity index (χ2n) is 4.84. The van der Waals surface area contributed by atoms with Gasteiger partial charge in [0.15, 0.2) is 0 Å². The number of hydrogen-bond donors (Lipinski definition) is 2. The molecule has 19 heavy (non-hydrogen) atoms. The molecule has 1 aromatic rings. The Hall–Kier alpha value is -0.910. The fraction of sp³-hybridized carbons (Fsp3) is 0.500. The second-order valence-corrected chi connectivity index (χ2v) is 5.76. The lowest BCUT2D eigenvalue weighted by Crippen LogP contribution is -2.36. The van der Waals surface area contributed by atoms with Gasteiger partial charge in [-0.05, 0) is 37.5 Å². The number of nitrogens with one attached hydrogen (secondary N) is 1. The molecule has 1 amide bonds. The molecule has 104 valence electrons. The van der Waals surface area contributed by atoms with Gasteiger partial charge in [-0.15, -0.1) is 0 Å². The van der Waals surface area contributed by atoms with Crippen LogP contribution in [-0.2, 0) is 9.53 Å². The van der Waals surface area contributed by atoms with Crippen LogP contribution in [0.5, 0.6) is 0 Å². The van der Waals surface area contributed by atoms with Crippen molar-refractivity contribution in [3.05, 3.63) is 34.3 Å². The Kier molecular flexibility index (Phi) is 4.96. The summed E-state index contributed by atoms with van der Waals surface area (Å²) in [5.41, 5.74) is 6.62. The average Bonchev–Trinajstić information content (AvgIpc) is 2.88. The molecule has 3 atom stereocenters. The molecular weight excluding hydrogens is 308 g/mol. The van der Waals surface area contributed by atoms with Crippen molar-refractivity contribution in [2.75, 3.05) is 6.54 Å². The number of carbonyl (C=O) groups is 1. The minimum absolute atomic E-state index is 0.0266. The minimum Gasteiger partial charge on any atom is -0.364 e. The van der Waals surface area contributed by atoms with Gasteiger partial charge in [0.2, 0.25) is 5.91 Å². The smallest absolute Gasteiger partial charge is 0.249 e. The standard InChI is InChI=1S/C14H19BrN2O2/c1-9(10-2-4-11(15)5-3-10)17-14(18)13-7-6-12(8-16)19-13/h2-5,9,12-13H,6-8,16H2,1H3,(H,17,18)/t9-,12?,13?/m1/s1. The van der Waals surface area contributed by atoms with Gasteiger partial charge in [-0.1, -0.05) is 28.1 Å². The predicted molar refractivity (Wildman–Crippen MR) is 77.6 cm³/mol. The van der Waals surface area contributed by atoms with E-state index in [-0.39, 0.29) is 24.2 Å². The van der Waals surface area contributed by atoms with E-state index in [1.807, 2.05) is 31.2 Å². The van der Waals surface area contributed by atoms with E-state index in [1.165, 1.54) is 0 Å². The first-order valence-electron chi connectivity index (χ1n) is 6.51. The van der Waals surface area contributed by atoms with E-state index in [2.05, 4.69) is 21.2 Å². The summed E-state index contributed by atoms with van der Waals surface area (Å²) in [7, 11) is 0. The summed E-state index contributed by atoms with van der Waals surface area (Å²) < 4.78 is 6.61. The molecule has 1 saturated heterocycles. The molecule has 2 unspecified atom stereocenters. The Morgan fingerprint density at radius 1 is 1.47 bits per heavy atom. The van der Waals surface area contributed by atoms with Gasteiger partial charge in [-0.2, -0.15) is 0 Å². The van der Waals surface area contributed by atoms with Crippen molar-refractivity contribution in [1.29, 1.82) is 0 Å². The lowest BCUT2D eigenvalue weighted by atomic mass is 10.1. The number of rotatable bonds is 4. The van der Waals surface area contributed by atoms with Crippen molar-refractivity contribution < 1.29 is 9.53 Å². The molecule has 0 spiro atoms. The van der Waals surface area contributed by atoms with Gasteiger partial charge in [0.25, 0.3) is 0 Å². The predicted octanol–water partition coefficient (Wildman–Crippen LogP) is 2.13. The van der Waals surface area contributed by atoms with Gasteiger partial charge < -0.3 is 15.8 Å². The maximum atomic E-state index is 12.1. The van der Waals surface area contributed by atoms with Crippen LogP contribution in [-0.4, -0.2) is 24.7 Å². The highest BCUT2D eigenvalue weighted by Gasteiger charge is 2.30. The highest BCUT2D eigenvalue weighted by molar-refractivity contribution is 9.10. The van der Waals surface area contributed by atoms with Crippen LogP contribution in [0, 0.1) is 0 Å². The summed E-state index contributed by atoms with van der Waals surface area (Å²) in [6.07, 6.45) is 1.28. The van der Waals surface area contributed by atoms with E-state index in [9.17, 15) is 4.79 Å². The highest BCUT2D eigenvalue weighted by Crippen LogP contribution is 2.21. The zero-order valence-electron chi connectivity index (χ0n) is 10.9. The molecule has 1 aromatic carbocycles. The molecule has 0 aliphatic carbocycles. The lowest BCUT2D eigenvalue weighted by Gasteiger charge is -2.18. The minimum atomic E-state index is -0.355. The van der Waals surface area contributed by atoms with Crippen molar-refractivity contribution in [3.8, 4) is 0 Å². The molecule has 1 fully saturated rings. The Labute approximate surface area is 121 Å². The Bertz CT molecular complexity index is 436. The van der Waals surface area contributed by atoms with E-state index in [0.717, 1.165) is 22.9 Å². The largest absolute Gasteiger partial charge is 0.364 e. The Balaban J connectivity index is 1.90. The molecule has 4 nitrogen and oxygen atoms in total. The summed E-state index contributed by atoms with van der Waals surface area (Å²) >= 11 is 3.39. The fourth-order valence-corrected chi connectivity index (χ4v) is 2.48. The van der Waals surface area contributed by atoms with Crippen molar-refractivity contribution in [3.63, 3.8) is 0 Å². The van der Waals surface area contributed by atoms with Crippen LogP contribution in [0.3, 0.4) is 0 Å². The number of nitrogens with two attached hydrogens (primary N) is 1. The fourth-order valence-electron chi connectivity index (χ4n) is 2.21. The molecule has 1 aliphatic rings. The molecule has 0 saturated carbocycles. The van der Waals surface area contributed by atoms with Gasteiger partial charge in [0, 0.05) is 11.0 Å². The summed E-state index contributed by atoms with van der Waals surface area (Å²) in [6.45, 7) is 2.45. The van der Waals surface area contributed by atoms with Crippen LogP contribution in [0.25, 0.3) is 0 Å². The molecule has 5 heteroatoms. The van der Waals surface area contributed by atoms with Gasteiger partial charge in [-0.25, -0.2) is 0 Å². The van der Waals surface area contributed by atoms with E-state index in [4.69, 9.17) is 10.5 Å². The summed E-state index contributed by atoms with van der Waals surface area (Å²) in [6, 6.07) is 7.89. The molecule has 3 N–H and O–H groups in total. The number of carbonyl (C=O) groups excluding carboxylic acids is 1. The van der Waals surface area contributed by atoms with Gasteiger partial charge in [0.1, 0.15) is 6.10 Å². The van der Waals surface area contributed by atoms with Crippen LogP contribution >= 0.6 is 15.9 Å². The van der Waals surface area contributed by atoms with E-state index >= 15 is 0 Å². The van der Waals surface area contributed by atoms with Crippen LogP contribution < -0.4 is 11.1 Å². The summed E-state index contributed by atoms with van der Waals surface area (Å²) in [4.78, 5) is 12.1. The van der Waals surface area contributed by atoms with Gasteiger partial charge in [0.05, 0.1) is 12.1 Å². The number of amides is 1. The zero-order valence-corrected chi connectivity index (χ0v) is 12.5. The molecule has 0 radical (unpaired) electrons. The average molecular weight is 327 g/mol. The molecule has 0 aromatic heterocycles. The highest BCUT2D eigenvalue weighted by atomic mass is 79.9. The van der Waals surface area contributed by atoms with Gasteiger partial charge >= 0.3 is 0 Å². The zero-order chi connectivity index (χ0) is 13.8. The van der Waals surface area contributed by atoms with Gasteiger partial charge in [-0.3, -0.25) is 4.79 Å². The number of halogens is 1. The first kappa shape index (κ1) is 14.5. The SMILES string of the molecule is C[C@@H](NC(=O)C1CCC(CN)O1)c1ccc(Br)cc1. The lowest BCUT2D eigenvalue weighted by molar-refractivity contribution is -0.132. The maximum Gasteiger partial charge on any atom is 0.249 e. The third kappa shape index (κ3) is 3.78. The van der Waals surface area contributed by atoms with Crippen molar-refractivity contribution in [2.45, 2.75) is 38.0 Å². The van der Waals surface area contributed by atoms with Crippen LogP contribution in [0.15, 0.2) is 28.7 Å². The monoisotopic (exact) mass is 326 g/mol. The topological polar surface area (TPSA) is 64.4 Å². The van der Waals surface area contributed by atoms with E-state index in [1.54, 1.807) is 0 Å². The van der Waals surface area contributed by atoms with Crippen LogP contribution in [0.1, 0.15) is 31.4 Å². The second kappa shape index (κ2) is 6.50. The molecular formula is C14H19BrN2O2.